The molecule has 10 nitrogen and oxygen atoms in total. The first-order valence-corrected chi connectivity index (χ1v) is 17.4. The number of hydrogen-bond donors (Lipinski definition) is 3. The molecule has 0 aromatic heterocycles. The molecule has 2 amide bonds. The molecule has 2 aromatic carbocycles. The second kappa shape index (κ2) is 22.4. The van der Waals surface area contributed by atoms with Crippen LogP contribution in [0.2, 0.25) is 10.0 Å². The van der Waals surface area contributed by atoms with E-state index in [0.717, 1.165) is 68.9 Å². The Hall–Kier alpha value is -2.34. The van der Waals surface area contributed by atoms with Crippen molar-refractivity contribution in [3.05, 3.63) is 58.6 Å². The first-order chi connectivity index (χ1) is 22.1. The highest BCUT2D eigenvalue weighted by Gasteiger charge is 2.19. The molecule has 2 heterocycles. The number of rotatable bonds is 7. The predicted octanol–water partition coefficient (Wildman–Crippen LogP) is 6.91. The second-order valence-electron chi connectivity index (χ2n) is 13.1. The summed E-state index contributed by atoms with van der Waals surface area (Å²) >= 11 is 17.1. The predicted molar refractivity (Wildman–Crippen MR) is 203 cm³/mol. The largest absolute Gasteiger partial charge is 0.444 e. The first kappa shape index (κ1) is 43.7. The summed E-state index contributed by atoms with van der Waals surface area (Å²) < 4.78 is 10.2. The van der Waals surface area contributed by atoms with Crippen LogP contribution in [-0.4, -0.2) is 106 Å². The molecule has 4 rings (SSSR count). The molecular weight excluding hydrogens is 698 g/mol. The van der Waals surface area contributed by atoms with Crippen LogP contribution in [0.5, 0.6) is 0 Å². The average molecular weight is 753 g/mol. The second-order valence-corrected chi connectivity index (χ2v) is 14.3. The van der Waals surface area contributed by atoms with Gasteiger partial charge in [-0.3, -0.25) is 4.90 Å². The smallest absolute Gasteiger partial charge is 0.407 e. The van der Waals surface area contributed by atoms with Gasteiger partial charge in [0.25, 0.3) is 0 Å². The molecule has 0 bridgehead atoms. The minimum absolute atomic E-state index is 0. The first-order valence-electron chi connectivity index (χ1n) is 16.1. The van der Waals surface area contributed by atoms with Crippen molar-refractivity contribution in [2.45, 2.75) is 52.7 Å². The van der Waals surface area contributed by atoms with Crippen LogP contribution < -0.4 is 25.8 Å². The van der Waals surface area contributed by atoms with E-state index in [1.54, 1.807) is 0 Å². The quantitative estimate of drug-likeness (QED) is 0.263. The molecule has 3 N–H and O–H groups in total. The summed E-state index contributed by atoms with van der Waals surface area (Å²) in [5, 5.41) is 10.2. The van der Waals surface area contributed by atoms with E-state index in [2.05, 4.69) is 54.9 Å². The summed E-state index contributed by atoms with van der Waals surface area (Å²) in [7, 11) is 0. The lowest BCUT2D eigenvalue weighted by Crippen LogP contribution is -2.48. The van der Waals surface area contributed by atoms with Crippen molar-refractivity contribution in [1.29, 1.82) is 0 Å². The van der Waals surface area contributed by atoms with Crippen LogP contribution in [0.15, 0.2) is 48.5 Å². The third kappa shape index (κ3) is 19.6. The number of alkyl carbamates (subject to hydrolysis) is 2. The van der Waals surface area contributed by atoms with Crippen LogP contribution in [-0.2, 0) is 9.47 Å². The van der Waals surface area contributed by atoms with Gasteiger partial charge in [0.15, 0.2) is 0 Å². The minimum atomic E-state index is -0.450. The Bertz CT molecular complexity index is 1180. The SMILES string of the molecule is CC(C)(C)OC(=O)NCCCl.CC(C)(C)OC(=O)NCCN1CCN(c2ccc(Cl)cc2)CC1.Cl.Clc1ccc(N2CCNCC2)cc1. The third-order valence-electron chi connectivity index (χ3n) is 6.73. The fraction of sp³-hybridized carbons (Fsp3) is 0.588. The Morgan fingerprint density at radius 3 is 1.48 bits per heavy atom. The fourth-order valence-corrected chi connectivity index (χ4v) is 4.90. The summed E-state index contributed by atoms with van der Waals surface area (Å²) in [6, 6.07) is 16.0. The van der Waals surface area contributed by atoms with Crippen molar-refractivity contribution >= 4 is 70.8 Å². The molecule has 272 valence electrons. The number of hydrogen-bond acceptors (Lipinski definition) is 8. The Morgan fingerprint density at radius 1 is 0.688 bits per heavy atom. The van der Waals surface area contributed by atoms with Crippen LogP contribution in [0.1, 0.15) is 41.5 Å². The lowest BCUT2D eigenvalue weighted by Gasteiger charge is -2.36. The molecule has 0 radical (unpaired) electrons. The van der Waals surface area contributed by atoms with E-state index in [9.17, 15) is 9.59 Å². The van der Waals surface area contributed by atoms with E-state index in [0.29, 0.717) is 19.0 Å². The average Bonchev–Trinajstić information content (AvgIpc) is 3.01. The van der Waals surface area contributed by atoms with Gasteiger partial charge in [-0.2, -0.15) is 0 Å². The van der Waals surface area contributed by atoms with Gasteiger partial charge in [0.1, 0.15) is 11.2 Å². The van der Waals surface area contributed by atoms with E-state index in [-0.39, 0.29) is 18.5 Å². The molecule has 2 aromatic rings. The molecule has 0 saturated carbocycles. The zero-order chi connectivity index (χ0) is 34.9. The summed E-state index contributed by atoms with van der Waals surface area (Å²) in [5.41, 5.74) is 1.59. The van der Waals surface area contributed by atoms with E-state index in [1.807, 2.05) is 65.8 Å². The fourth-order valence-electron chi connectivity index (χ4n) is 4.55. The number of amides is 2. The molecule has 0 spiro atoms. The van der Waals surface area contributed by atoms with Crippen LogP contribution in [0.25, 0.3) is 0 Å². The molecular formula is C34H54Cl4N6O4. The topological polar surface area (TPSA) is 98.4 Å². The highest BCUT2D eigenvalue weighted by molar-refractivity contribution is 6.30. The van der Waals surface area contributed by atoms with Gasteiger partial charge in [-0.05, 0) is 90.1 Å². The van der Waals surface area contributed by atoms with Crippen molar-refractivity contribution in [2.24, 2.45) is 0 Å². The minimum Gasteiger partial charge on any atom is -0.444 e. The van der Waals surface area contributed by atoms with E-state index < -0.39 is 17.3 Å². The number of nitrogens with one attached hydrogen (secondary N) is 3. The van der Waals surface area contributed by atoms with Gasteiger partial charge in [0.2, 0.25) is 0 Å². The van der Waals surface area contributed by atoms with Gasteiger partial charge in [-0.15, -0.1) is 24.0 Å². The highest BCUT2D eigenvalue weighted by atomic mass is 35.5. The number of anilines is 2. The maximum Gasteiger partial charge on any atom is 0.407 e. The molecule has 2 aliphatic rings. The van der Waals surface area contributed by atoms with Crippen molar-refractivity contribution in [2.75, 3.05) is 87.7 Å². The highest BCUT2D eigenvalue weighted by Crippen LogP contribution is 2.20. The maximum absolute atomic E-state index is 11.6. The standard InChI is InChI=1S/C17H26ClN3O2.C10H13ClN2.C7H14ClNO2.ClH/c1-17(2,3)23-16(22)19-8-9-20-10-12-21(13-11-20)15-6-4-14(18)5-7-15;11-9-1-3-10(4-2-9)13-7-5-12-6-8-13;1-7(2,3)11-6(10)9-5-4-8;/h4-7H,8-13H2,1-3H3,(H,19,22);1-4,12H,5-8H2;4-5H2,1-3H3,(H,9,10);1H. The number of benzene rings is 2. The van der Waals surface area contributed by atoms with Gasteiger partial charge < -0.3 is 35.2 Å². The van der Waals surface area contributed by atoms with Crippen LogP contribution in [0.4, 0.5) is 21.0 Å². The third-order valence-corrected chi connectivity index (χ3v) is 7.42. The number of alkyl halides is 1. The molecule has 2 fully saturated rings. The summed E-state index contributed by atoms with van der Waals surface area (Å²) in [4.78, 5) is 29.5. The van der Waals surface area contributed by atoms with Crippen LogP contribution >= 0.6 is 47.2 Å². The van der Waals surface area contributed by atoms with Crippen LogP contribution in [0, 0.1) is 0 Å². The molecule has 0 atom stereocenters. The van der Waals surface area contributed by atoms with Crippen molar-refractivity contribution in [3.63, 3.8) is 0 Å². The Balaban J connectivity index is 0.000000391. The lowest BCUT2D eigenvalue weighted by molar-refractivity contribution is 0.0514. The maximum atomic E-state index is 11.6. The summed E-state index contributed by atoms with van der Waals surface area (Å²) in [6.07, 6.45) is -0.768. The van der Waals surface area contributed by atoms with E-state index >= 15 is 0 Å². The van der Waals surface area contributed by atoms with Crippen molar-refractivity contribution in [1.82, 2.24) is 20.9 Å². The Morgan fingerprint density at radius 2 is 1.08 bits per heavy atom. The Kier molecular flexibility index (Phi) is 20.4. The number of carbonyl (C=O) groups excluding carboxylic acids is 2. The summed E-state index contributed by atoms with van der Waals surface area (Å²) in [6.45, 7) is 21.2. The molecule has 2 aliphatic heterocycles. The monoisotopic (exact) mass is 750 g/mol. The zero-order valence-corrected chi connectivity index (χ0v) is 32.2. The molecule has 0 unspecified atom stereocenters. The number of ether oxygens (including phenoxy) is 2. The molecule has 48 heavy (non-hydrogen) atoms. The van der Waals surface area contributed by atoms with Crippen molar-refractivity contribution in [3.8, 4) is 0 Å². The molecule has 14 heteroatoms. The van der Waals surface area contributed by atoms with Gasteiger partial charge >= 0.3 is 12.2 Å². The zero-order valence-electron chi connectivity index (χ0n) is 29.1. The van der Waals surface area contributed by atoms with Gasteiger partial charge in [0, 0.05) is 99.3 Å². The van der Waals surface area contributed by atoms with Crippen LogP contribution in [0.3, 0.4) is 0 Å². The van der Waals surface area contributed by atoms with Gasteiger partial charge in [-0.1, -0.05) is 23.2 Å². The van der Waals surface area contributed by atoms with Gasteiger partial charge in [-0.25, -0.2) is 9.59 Å². The van der Waals surface area contributed by atoms with E-state index in [4.69, 9.17) is 44.3 Å². The molecule has 0 aliphatic carbocycles. The van der Waals surface area contributed by atoms with Crippen molar-refractivity contribution < 1.29 is 19.1 Å². The van der Waals surface area contributed by atoms with Gasteiger partial charge in [0.05, 0.1) is 0 Å². The molecule has 2 saturated heterocycles. The normalized spacial score (nSPS) is 15.0. The number of nitrogens with zero attached hydrogens (tertiary/aromatic N) is 3. The number of carbonyl (C=O) groups is 2. The van der Waals surface area contributed by atoms with E-state index in [1.165, 1.54) is 11.4 Å². The number of piperazine rings is 2. The number of halogens is 4. The summed E-state index contributed by atoms with van der Waals surface area (Å²) in [5.74, 6) is 0.402. The Labute approximate surface area is 308 Å². The lowest BCUT2D eigenvalue weighted by atomic mass is 10.2.